The number of aromatic nitrogens is 2. The second kappa shape index (κ2) is 11.6. The number of piperazine rings is 1. The summed E-state index contributed by atoms with van der Waals surface area (Å²) in [5.74, 6) is -0.263. The summed E-state index contributed by atoms with van der Waals surface area (Å²) in [5.41, 5.74) is 1.93. The van der Waals surface area contributed by atoms with E-state index in [1.807, 2.05) is 30.0 Å². The maximum atomic E-state index is 13.8. The van der Waals surface area contributed by atoms with E-state index in [-0.39, 0.29) is 11.8 Å². The van der Waals surface area contributed by atoms with Gasteiger partial charge in [0.15, 0.2) is 0 Å². The van der Waals surface area contributed by atoms with Crippen molar-refractivity contribution in [3.63, 3.8) is 0 Å². The minimum absolute atomic E-state index is 0.0378. The number of H-pyrrole nitrogens is 1. The number of nitrogens with one attached hydrogen (secondary N) is 3. The average molecular weight is 498 g/mol. The summed E-state index contributed by atoms with van der Waals surface area (Å²) in [6, 6.07) is 5.83. The van der Waals surface area contributed by atoms with Crippen LogP contribution < -0.4 is 10.6 Å². The number of likely N-dealkylation sites (tertiary alicyclic amines) is 1. The smallest absolute Gasteiger partial charge is 0.351 e. The Bertz CT molecular complexity index is 1020. The van der Waals surface area contributed by atoms with E-state index >= 15 is 0 Å². The van der Waals surface area contributed by atoms with Crippen molar-refractivity contribution in [2.45, 2.75) is 57.0 Å². The molecule has 2 atom stereocenters. The van der Waals surface area contributed by atoms with Crippen LogP contribution in [0.4, 0.5) is 4.79 Å². The number of benzene rings is 1. The number of aromatic amines is 1. The number of piperidine rings is 2. The number of amides is 2. The Morgan fingerprint density at radius 2 is 1.81 bits per heavy atom. The second-order valence-electron chi connectivity index (χ2n) is 10.3. The molecule has 5 rings (SSSR count). The molecule has 1 aromatic heterocycles. The first-order valence-electron chi connectivity index (χ1n) is 13.5. The topological polar surface area (TPSA) is 106 Å². The van der Waals surface area contributed by atoms with Crippen molar-refractivity contribution in [2.75, 3.05) is 52.4 Å². The highest BCUT2D eigenvalue weighted by Crippen LogP contribution is 2.26. The molecule has 36 heavy (non-hydrogen) atoms. The van der Waals surface area contributed by atoms with Crippen LogP contribution in [-0.4, -0.2) is 102 Å². The highest BCUT2D eigenvalue weighted by molar-refractivity contribution is 5.87. The van der Waals surface area contributed by atoms with E-state index in [1.54, 1.807) is 11.3 Å². The molecule has 196 valence electrons. The SMILES string of the molecule is CC(c1ccc2[nH]ncc2c1)C(NC(=O)ON1CCCCC1)C(=O)N1CCC(N2CCNCC2)CC1. The summed E-state index contributed by atoms with van der Waals surface area (Å²) in [6.45, 7) is 9.08. The molecule has 3 aliphatic heterocycles. The summed E-state index contributed by atoms with van der Waals surface area (Å²) < 4.78 is 0. The molecule has 4 heterocycles. The fraction of sp³-hybridized carbons (Fsp3) is 0.654. The number of hydrogen-bond acceptors (Lipinski definition) is 7. The predicted octanol–water partition coefficient (Wildman–Crippen LogP) is 2.06. The lowest BCUT2D eigenvalue weighted by Crippen LogP contribution is -2.56. The van der Waals surface area contributed by atoms with Crippen LogP contribution in [0.5, 0.6) is 0 Å². The molecule has 0 saturated carbocycles. The van der Waals surface area contributed by atoms with Crippen LogP contribution in [0.1, 0.15) is 50.5 Å². The van der Waals surface area contributed by atoms with E-state index in [4.69, 9.17) is 4.84 Å². The number of carbonyl (C=O) groups is 2. The van der Waals surface area contributed by atoms with Crippen LogP contribution in [0.15, 0.2) is 24.4 Å². The number of hydrogen-bond donors (Lipinski definition) is 3. The third kappa shape index (κ3) is 5.82. The van der Waals surface area contributed by atoms with Crippen molar-refractivity contribution in [3.05, 3.63) is 30.0 Å². The number of fused-ring (bicyclic) bond motifs is 1. The molecule has 10 heteroatoms. The second-order valence-corrected chi connectivity index (χ2v) is 10.3. The van der Waals surface area contributed by atoms with Gasteiger partial charge in [0.2, 0.25) is 5.91 Å². The fourth-order valence-electron chi connectivity index (χ4n) is 5.76. The maximum absolute atomic E-state index is 13.8. The van der Waals surface area contributed by atoms with Gasteiger partial charge in [-0.05, 0) is 43.4 Å². The molecule has 1 aromatic carbocycles. The molecule has 0 radical (unpaired) electrons. The van der Waals surface area contributed by atoms with Crippen LogP contribution in [0.2, 0.25) is 0 Å². The third-order valence-corrected chi connectivity index (χ3v) is 8.00. The van der Waals surface area contributed by atoms with Crippen molar-refractivity contribution < 1.29 is 14.4 Å². The first-order valence-corrected chi connectivity index (χ1v) is 13.5. The summed E-state index contributed by atoms with van der Waals surface area (Å²) in [4.78, 5) is 36.8. The summed E-state index contributed by atoms with van der Waals surface area (Å²) >= 11 is 0. The lowest BCUT2D eigenvalue weighted by atomic mass is 9.90. The zero-order valence-corrected chi connectivity index (χ0v) is 21.2. The normalized spacial score (nSPS) is 22.3. The third-order valence-electron chi connectivity index (χ3n) is 8.00. The molecule has 0 aliphatic carbocycles. The van der Waals surface area contributed by atoms with Crippen LogP contribution >= 0.6 is 0 Å². The predicted molar refractivity (Wildman–Crippen MR) is 137 cm³/mol. The Labute approximate surface area is 212 Å². The molecule has 2 unspecified atom stereocenters. The zero-order valence-electron chi connectivity index (χ0n) is 21.2. The maximum Gasteiger partial charge on any atom is 0.426 e. The standard InChI is InChI=1S/C26H39N7O3/c1-19(20-5-6-23-21(17-20)18-28-30-23)24(29-26(35)36-33-11-3-2-4-12-33)25(34)32-13-7-22(8-14-32)31-15-9-27-10-16-31/h5-6,17-19,22,24,27H,2-4,7-16H2,1H3,(H,28,30)(H,29,35). The lowest BCUT2D eigenvalue weighted by molar-refractivity contribution is -0.137. The van der Waals surface area contributed by atoms with Crippen molar-refractivity contribution in [2.24, 2.45) is 0 Å². The molecule has 0 spiro atoms. The van der Waals surface area contributed by atoms with Crippen LogP contribution in [0, 0.1) is 0 Å². The van der Waals surface area contributed by atoms with Crippen molar-refractivity contribution in [1.29, 1.82) is 0 Å². The molecule has 3 N–H and O–H groups in total. The highest BCUT2D eigenvalue weighted by atomic mass is 16.7. The molecule has 2 amide bonds. The molecule has 3 aliphatic rings. The monoisotopic (exact) mass is 497 g/mol. The number of nitrogens with zero attached hydrogens (tertiary/aromatic N) is 4. The number of carbonyl (C=O) groups excluding carboxylic acids is 2. The van der Waals surface area contributed by atoms with Gasteiger partial charge in [-0.25, -0.2) is 4.79 Å². The van der Waals surface area contributed by atoms with E-state index in [9.17, 15) is 9.59 Å². The number of hydroxylamine groups is 2. The molecule has 3 fully saturated rings. The van der Waals surface area contributed by atoms with Gasteiger partial charge in [0, 0.05) is 69.7 Å². The first kappa shape index (κ1) is 25.0. The van der Waals surface area contributed by atoms with Gasteiger partial charge in [0.05, 0.1) is 11.7 Å². The van der Waals surface area contributed by atoms with Gasteiger partial charge in [-0.15, -0.1) is 5.06 Å². The van der Waals surface area contributed by atoms with Crippen LogP contribution in [0.3, 0.4) is 0 Å². The van der Waals surface area contributed by atoms with Gasteiger partial charge in [0.1, 0.15) is 6.04 Å². The Morgan fingerprint density at radius 3 is 2.56 bits per heavy atom. The Balaban J connectivity index is 1.28. The largest absolute Gasteiger partial charge is 0.426 e. The van der Waals surface area contributed by atoms with Gasteiger partial charge in [0.25, 0.3) is 0 Å². The summed E-state index contributed by atoms with van der Waals surface area (Å²) in [7, 11) is 0. The number of rotatable bonds is 6. The lowest BCUT2D eigenvalue weighted by Gasteiger charge is -2.41. The Morgan fingerprint density at radius 1 is 1.06 bits per heavy atom. The van der Waals surface area contributed by atoms with E-state index in [0.717, 1.165) is 87.8 Å². The molecule has 2 aromatic rings. The fourth-order valence-corrected chi connectivity index (χ4v) is 5.76. The highest BCUT2D eigenvalue weighted by Gasteiger charge is 2.35. The van der Waals surface area contributed by atoms with Gasteiger partial charge < -0.3 is 20.4 Å². The average Bonchev–Trinajstić information content (AvgIpc) is 3.40. The first-order chi connectivity index (χ1) is 17.6. The van der Waals surface area contributed by atoms with Gasteiger partial charge in [-0.1, -0.05) is 19.4 Å². The minimum Gasteiger partial charge on any atom is -0.351 e. The quantitative estimate of drug-likeness (QED) is 0.561. The molecular weight excluding hydrogens is 458 g/mol. The Hall–Kier alpha value is -2.69. The van der Waals surface area contributed by atoms with Gasteiger partial charge in [-0.2, -0.15) is 5.10 Å². The van der Waals surface area contributed by atoms with Gasteiger partial charge >= 0.3 is 6.09 Å². The van der Waals surface area contributed by atoms with Crippen molar-refractivity contribution in [1.82, 2.24) is 35.7 Å². The van der Waals surface area contributed by atoms with Gasteiger partial charge in [-0.3, -0.25) is 14.8 Å². The van der Waals surface area contributed by atoms with E-state index in [0.29, 0.717) is 19.1 Å². The minimum atomic E-state index is -0.706. The zero-order chi connectivity index (χ0) is 24.9. The molecule has 0 bridgehead atoms. The van der Waals surface area contributed by atoms with E-state index in [2.05, 4.69) is 25.7 Å². The molecular formula is C26H39N7O3. The summed E-state index contributed by atoms with van der Waals surface area (Å²) in [5, 5.41) is 16.1. The van der Waals surface area contributed by atoms with E-state index < -0.39 is 12.1 Å². The summed E-state index contributed by atoms with van der Waals surface area (Å²) in [6.07, 6.45) is 6.33. The van der Waals surface area contributed by atoms with Crippen molar-refractivity contribution >= 4 is 22.9 Å². The molecule has 3 saturated heterocycles. The molecule has 10 nitrogen and oxygen atoms in total. The van der Waals surface area contributed by atoms with Crippen LogP contribution in [-0.2, 0) is 9.63 Å². The van der Waals surface area contributed by atoms with Crippen molar-refractivity contribution in [3.8, 4) is 0 Å². The Kier molecular flexibility index (Phi) is 8.03. The van der Waals surface area contributed by atoms with E-state index in [1.165, 1.54) is 0 Å². The van der Waals surface area contributed by atoms with Crippen LogP contribution in [0.25, 0.3) is 10.9 Å².